The highest BCUT2D eigenvalue weighted by Gasteiger charge is 2.12. The minimum atomic E-state index is 0.0789. The maximum Gasteiger partial charge on any atom is 0.129 e. The maximum absolute atomic E-state index is 9.29. The number of hydrogen-bond acceptors (Lipinski definition) is 4. The fraction of sp³-hybridized carbons (Fsp3) is 0.643. The lowest BCUT2D eigenvalue weighted by atomic mass is 10.1. The minimum absolute atomic E-state index is 0.0789. The van der Waals surface area contributed by atoms with Gasteiger partial charge in [-0.1, -0.05) is 6.92 Å². The Labute approximate surface area is 115 Å². The van der Waals surface area contributed by atoms with Crippen LogP contribution < -0.4 is 4.90 Å². The highest BCUT2D eigenvalue weighted by Crippen LogP contribution is 2.18. The molecule has 0 aliphatic heterocycles. The molecule has 1 N–H and O–H groups in total. The van der Waals surface area contributed by atoms with E-state index in [1.165, 1.54) is 0 Å². The fourth-order valence-electron chi connectivity index (χ4n) is 1.79. The molecular formula is C14H24N2OS. The Balaban J connectivity index is 2.86. The Morgan fingerprint density at radius 3 is 2.72 bits per heavy atom. The summed E-state index contributed by atoms with van der Waals surface area (Å²) in [5.74, 6) is 2.12. The van der Waals surface area contributed by atoms with Crippen LogP contribution in [0.5, 0.6) is 0 Å². The molecule has 0 aliphatic rings. The van der Waals surface area contributed by atoms with Crippen molar-refractivity contribution in [2.45, 2.75) is 39.3 Å². The van der Waals surface area contributed by atoms with E-state index in [9.17, 15) is 5.11 Å². The monoisotopic (exact) mass is 268 g/mol. The molecule has 1 heterocycles. The molecule has 0 aromatic carbocycles. The lowest BCUT2D eigenvalue weighted by Crippen LogP contribution is -2.30. The van der Waals surface area contributed by atoms with Gasteiger partial charge in [0.25, 0.3) is 0 Å². The van der Waals surface area contributed by atoms with Crippen LogP contribution >= 0.6 is 11.8 Å². The molecule has 1 rings (SSSR count). The normalized spacial score (nSPS) is 12.5. The first kappa shape index (κ1) is 15.3. The predicted octanol–water partition coefficient (Wildman–Crippen LogP) is 2.71. The SMILES string of the molecule is CCc1cc(CO)cc(N(C)C(C)CCSC)n1. The van der Waals surface area contributed by atoms with Crippen LogP contribution in [-0.4, -0.2) is 35.2 Å². The standard InChI is InChI=1S/C14H24N2OS/c1-5-13-8-12(10-17)9-14(15-13)16(3)11(2)6-7-18-4/h8-9,11,17H,5-7,10H2,1-4H3. The number of aryl methyl sites for hydroxylation is 1. The van der Waals surface area contributed by atoms with Crippen LogP contribution in [-0.2, 0) is 13.0 Å². The number of rotatable bonds is 7. The molecule has 0 amide bonds. The topological polar surface area (TPSA) is 36.4 Å². The Morgan fingerprint density at radius 2 is 2.17 bits per heavy atom. The van der Waals surface area contributed by atoms with Crippen LogP contribution in [0.25, 0.3) is 0 Å². The van der Waals surface area contributed by atoms with E-state index in [2.05, 4.69) is 37.0 Å². The van der Waals surface area contributed by atoms with Gasteiger partial charge in [-0.05, 0) is 49.5 Å². The Morgan fingerprint density at radius 1 is 1.44 bits per heavy atom. The first-order valence-electron chi connectivity index (χ1n) is 6.44. The highest BCUT2D eigenvalue weighted by atomic mass is 32.2. The molecule has 3 nitrogen and oxygen atoms in total. The smallest absolute Gasteiger partial charge is 0.129 e. The Bertz CT molecular complexity index is 349. The Hall–Kier alpha value is -0.740. The number of aliphatic hydroxyl groups excluding tert-OH is 1. The summed E-state index contributed by atoms with van der Waals surface area (Å²) in [6.07, 6.45) is 4.17. The van der Waals surface area contributed by atoms with Gasteiger partial charge < -0.3 is 10.0 Å². The molecule has 0 spiro atoms. The van der Waals surface area contributed by atoms with Crippen molar-refractivity contribution in [3.05, 3.63) is 23.4 Å². The molecule has 0 aliphatic carbocycles. The zero-order chi connectivity index (χ0) is 13.5. The van der Waals surface area contributed by atoms with Crippen molar-refractivity contribution >= 4 is 17.6 Å². The molecule has 1 aromatic heterocycles. The zero-order valence-corrected chi connectivity index (χ0v) is 12.6. The van der Waals surface area contributed by atoms with Crippen LogP contribution in [0.2, 0.25) is 0 Å². The van der Waals surface area contributed by atoms with E-state index in [0.29, 0.717) is 6.04 Å². The first-order chi connectivity index (χ1) is 8.62. The van der Waals surface area contributed by atoms with Crippen molar-refractivity contribution in [2.75, 3.05) is 24.0 Å². The van der Waals surface area contributed by atoms with E-state index in [-0.39, 0.29) is 6.61 Å². The van der Waals surface area contributed by atoms with Crippen LogP contribution in [0.1, 0.15) is 31.5 Å². The van der Waals surface area contributed by atoms with Crippen molar-refractivity contribution in [1.82, 2.24) is 4.98 Å². The second kappa shape index (κ2) is 7.64. The van der Waals surface area contributed by atoms with E-state index in [0.717, 1.165) is 35.7 Å². The molecule has 102 valence electrons. The number of aromatic nitrogens is 1. The molecule has 0 saturated heterocycles. The van der Waals surface area contributed by atoms with Crippen molar-refractivity contribution in [3.63, 3.8) is 0 Å². The van der Waals surface area contributed by atoms with Gasteiger partial charge in [-0.3, -0.25) is 0 Å². The van der Waals surface area contributed by atoms with E-state index in [4.69, 9.17) is 0 Å². The van der Waals surface area contributed by atoms with E-state index in [1.54, 1.807) is 0 Å². The molecular weight excluding hydrogens is 244 g/mol. The largest absolute Gasteiger partial charge is 0.392 e. The van der Waals surface area contributed by atoms with Gasteiger partial charge in [-0.25, -0.2) is 4.98 Å². The van der Waals surface area contributed by atoms with E-state index < -0.39 is 0 Å². The Kier molecular flexibility index (Phi) is 6.50. The third-order valence-electron chi connectivity index (χ3n) is 3.23. The summed E-state index contributed by atoms with van der Waals surface area (Å²) in [5.41, 5.74) is 1.99. The number of pyridine rings is 1. The number of thioether (sulfide) groups is 1. The third kappa shape index (κ3) is 4.18. The summed E-state index contributed by atoms with van der Waals surface area (Å²) < 4.78 is 0. The van der Waals surface area contributed by atoms with Crippen molar-refractivity contribution in [3.8, 4) is 0 Å². The number of aliphatic hydroxyl groups is 1. The molecule has 0 bridgehead atoms. The summed E-state index contributed by atoms with van der Waals surface area (Å²) >= 11 is 1.87. The van der Waals surface area contributed by atoms with Crippen LogP contribution in [0.4, 0.5) is 5.82 Å². The molecule has 0 fully saturated rings. The third-order valence-corrected chi connectivity index (χ3v) is 3.88. The first-order valence-corrected chi connectivity index (χ1v) is 7.84. The van der Waals surface area contributed by atoms with Gasteiger partial charge in [0.2, 0.25) is 0 Å². The average molecular weight is 268 g/mol. The second-order valence-electron chi connectivity index (χ2n) is 4.58. The van der Waals surface area contributed by atoms with Gasteiger partial charge in [0.1, 0.15) is 5.82 Å². The summed E-state index contributed by atoms with van der Waals surface area (Å²) in [6.45, 7) is 4.38. The molecule has 1 aromatic rings. The predicted molar refractivity (Wildman–Crippen MR) is 80.4 cm³/mol. The van der Waals surface area contributed by atoms with Crippen LogP contribution in [0, 0.1) is 0 Å². The number of hydrogen-bond donors (Lipinski definition) is 1. The lowest BCUT2D eigenvalue weighted by Gasteiger charge is -2.26. The minimum Gasteiger partial charge on any atom is -0.392 e. The molecule has 1 atom stereocenters. The van der Waals surface area contributed by atoms with Crippen LogP contribution in [0.3, 0.4) is 0 Å². The lowest BCUT2D eigenvalue weighted by molar-refractivity contribution is 0.281. The number of nitrogens with zero attached hydrogens (tertiary/aromatic N) is 2. The van der Waals surface area contributed by atoms with Gasteiger partial charge in [0, 0.05) is 18.8 Å². The van der Waals surface area contributed by atoms with Gasteiger partial charge in [0.15, 0.2) is 0 Å². The summed E-state index contributed by atoms with van der Waals surface area (Å²) in [4.78, 5) is 6.84. The van der Waals surface area contributed by atoms with Gasteiger partial charge >= 0.3 is 0 Å². The van der Waals surface area contributed by atoms with Crippen molar-refractivity contribution < 1.29 is 5.11 Å². The molecule has 0 radical (unpaired) electrons. The van der Waals surface area contributed by atoms with Gasteiger partial charge in [-0.2, -0.15) is 11.8 Å². The number of anilines is 1. The second-order valence-corrected chi connectivity index (χ2v) is 5.56. The van der Waals surface area contributed by atoms with Crippen molar-refractivity contribution in [2.24, 2.45) is 0 Å². The summed E-state index contributed by atoms with van der Waals surface area (Å²) in [5, 5.41) is 9.29. The molecule has 4 heteroatoms. The summed E-state index contributed by atoms with van der Waals surface area (Å²) in [6, 6.07) is 4.42. The highest BCUT2D eigenvalue weighted by molar-refractivity contribution is 7.98. The molecule has 0 saturated carbocycles. The maximum atomic E-state index is 9.29. The summed E-state index contributed by atoms with van der Waals surface area (Å²) in [7, 11) is 2.08. The molecule has 18 heavy (non-hydrogen) atoms. The zero-order valence-electron chi connectivity index (χ0n) is 11.8. The quantitative estimate of drug-likeness (QED) is 0.825. The van der Waals surface area contributed by atoms with Gasteiger partial charge in [0.05, 0.1) is 6.61 Å². The van der Waals surface area contributed by atoms with Gasteiger partial charge in [-0.15, -0.1) is 0 Å². The molecule has 1 unspecified atom stereocenters. The van der Waals surface area contributed by atoms with Crippen molar-refractivity contribution in [1.29, 1.82) is 0 Å². The average Bonchev–Trinajstić information content (AvgIpc) is 2.43. The van der Waals surface area contributed by atoms with Crippen LogP contribution in [0.15, 0.2) is 12.1 Å². The van der Waals surface area contributed by atoms with E-state index in [1.807, 2.05) is 23.9 Å². The van der Waals surface area contributed by atoms with E-state index >= 15 is 0 Å². The fourth-order valence-corrected chi connectivity index (χ4v) is 2.37.